The van der Waals surface area contributed by atoms with Gasteiger partial charge in [0.2, 0.25) is 0 Å². The van der Waals surface area contributed by atoms with Gasteiger partial charge in [0.1, 0.15) is 0 Å². The van der Waals surface area contributed by atoms with E-state index in [2.05, 4.69) is 28.6 Å². The van der Waals surface area contributed by atoms with E-state index in [9.17, 15) is 0 Å². The summed E-state index contributed by atoms with van der Waals surface area (Å²) in [5, 5.41) is 8.02. The Kier molecular flexibility index (Phi) is 3.10. The second-order valence-corrected chi connectivity index (χ2v) is 4.90. The second kappa shape index (κ2) is 4.88. The number of rotatable bonds is 3. The van der Waals surface area contributed by atoms with Crippen molar-refractivity contribution in [3.05, 3.63) is 36.2 Å². The molecule has 2 aromatic rings. The van der Waals surface area contributed by atoms with Crippen molar-refractivity contribution >= 4 is 5.52 Å². The minimum atomic E-state index is 0.703. The summed E-state index contributed by atoms with van der Waals surface area (Å²) < 4.78 is 2.02. The molecule has 2 aromatic heterocycles. The Morgan fingerprint density at radius 2 is 2.06 bits per heavy atom. The smallest absolute Gasteiger partial charge is 0.0665 e. The molecule has 1 saturated carbocycles. The predicted molar refractivity (Wildman–Crippen MR) is 68.9 cm³/mol. The van der Waals surface area contributed by atoms with Crippen LogP contribution in [-0.2, 0) is 6.54 Å². The van der Waals surface area contributed by atoms with Gasteiger partial charge in [-0.2, -0.15) is 5.10 Å². The molecule has 17 heavy (non-hydrogen) atoms. The quantitative estimate of drug-likeness (QED) is 0.877. The van der Waals surface area contributed by atoms with Gasteiger partial charge in [0.25, 0.3) is 0 Å². The van der Waals surface area contributed by atoms with Crippen molar-refractivity contribution in [2.45, 2.75) is 44.7 Å². The molecule has 1 fully saturated rings. The van der Waals surface area contributed by atoms with Crippen molar-refractivity contribution in [3.63, 3.8) is 0 Å². The van der Waals surface area contributed by atoms with Crippen molar-refractivity contribution in [2.75, 3.05) is 0 Å². The van der Waals surface area contributed by atoms with Gasteiger partial charge in [0.15, 0.2) is 0 Å². The SMILES string of the molecule is c1cc(CNC2CCCCC2)n2nccc2c1. The standard InChI is InChI=1S/C14H19N3/c1-2-5-12(6-3-1)15-11-14-8-4-7-13-9-10-16-17(13)14/h4,7-10,12,15H,1-3,5-6,11H2. The van der Waals surface area contributed by atoms with E-state index in [1.165, 1.54) is 43.3 Å². The van der Waals surface area contributed by atoms with Gasteiger partial charge < -0.3 is 5.32 Å². The van der Waals surface area contributed by atoms with Crippen LogP contribution in [-0.4, -0.2) is 15.7 Å². The van der Waals surface area contributed by atoms with Crippen LogP contribution in [0.15, 0.2) is 30.5 Å². The molecule has 3 heteroatoms. The molecule has 1 N–H and O–H groups in total. The molecule has 0 aromatic carbocycles. The zero-order valence-corrected chi connectivity index (χ0v) is 10.1. The van der Waals surface area contributed by atoms with Crippen molar-refractivity contribution < 1.29 is 0 Å². The van der Waals surface area contributed by atoms with E-state index in [1.807, 2.05) is 16.8 Å². The van der Waals surface area contributed by atoms with E-state index in [0.717, 1.165) is 6.54 Å². The van der Waals surface area contributed by atoms with E-state index < -0.39 is 0 Å². The minimum absolute atomic E-state index is 0.703. The van der Waals surface area contributed by atoms with Crippen LogP contribution in [0.5, 0.6) is 0 Å². The number of pyridine rings is 1. The Bertz CT molecular complexity index is 483. The van der Waals surface area contributed by atoms with Gasteiger partial charge in [0, 0.05) is 18.8 Å². The number of hydrogen-bond donors (Lipinski definition) is 1. The van der Waals surface area contributed by atoms with Crippen LogP contribution in [0.4, 0.5) is 0 Å². The van der Waals surface area contributed by atoms with Gasteiger partial charge in [-0.25, -0.2) is 4.52 Å². The summed E-state index contributed by atoms with van der Waals surface area (Å²) in [6.45, 7) is 0.920. The highest BCUT2D eigenvalue weighted by molar-refractivity contribution is 5.46. The molecule has 3 rings (SSSR count). The predicted octanol–water partition coefficient (Wildman–Crippen LogP) is 2.76. The first-order valence-corrected chi connectivity index (χ1v) is 6.58. The highest BCUT2D eigenvalue weighted by Crippen LogP contribution is 2.17. The lowest BCUT2D eigenvalue weighted by Gasteiger charge is -2.22. The average molecular weight is 229 g/mol. The molecule has 0 saturated heterocycles. The Morgan fingerprint density at radius 1 is 1.18 bits per heavy atom. The lowest BCUT2D eigenvalue weighted by molar-refractivity contribution is 0.370. The van der Waals surface area contributed by atoms with Crippen molar-refractivity contribution in [2.24, 2.45) is 0 Å². The third-order valence-electron chi connectivity index (χ3n) is 3.68. The molecule has 0 amide bonds. The first kappa shape index (κ1) is 10.8. The van der Waals surface area contributed by atoms with E-state index >= 15 is 0 Å². The molecule has 0 radical (unpaired) electrons. The molecule has 1 aliphatic carbocycles. The van der Waals surface area contributed by atoms with Gasteiger partial charge in [-0.15, -0.1) is 0 Å². The Morgan fingerprint density at radius 3 is 2.94 bits per heavy atom. The van der Waals surface area contributed by atoms with Crippen LogP contribution in [0.1, 0.15) is 37.8 Å². The van der Waals surface area contributed by atoms with E-state index in [4.69, 9.17) is 0 Å². The maximum absolute atomic E-state index is 4.36. The monoisotopic (exact) mass is 229 g/mol. The van der Waals surface area contributed by atoms with E-state index in [1.54, 1.807) is 0 Å². The van der Waals surface area contributed by atoms with Gasteiger partial charge in [-0.3, -0.25) is 0 Å². The first-order chi connectivity index (χ1) is 8.43. The maximum atomic E-state index is 4.36. The fraction of sp³-hybridized carbons (Fsp3) is 0.500. The molecule has 1 aliphatic rings. The summed E-state index contributed by atoms with van der Waals surface area (Å²) in [5.74, 6) is 0. The van der Waals surface area contributed by atoms with Crippen LogP contribution in [0.25, 0.3) is 5.52 Å². The fourth-order valence-corrected chi connectivity index (χ4v) is 2.70. The summed E-state index contributed by atoms with van der Waals surface area (Å²) in [4.78, 5) is 0. The lowest BCUT2D eigenvalue weighted by atomic mass is 9.95. The molecule has 0 unspecified atom stereocenters. The Balaban J connectivity index is 1.69. The summed E-state index contributed by atoms with van der Waals surface area (Å²) >= 11 is 0. The Labute approximate surface area is 102 Å². The number of fused-ring (bicyclic) bond motifs is 1. The summed E-state index contributed by atoms with van der Waals surface area (Å²) in [6.07, 6.45) is 8.68. The largest absolute Gasteiger partial charge is 0.308 e. The van der Waals surface area contributed by atoms with Crippen LogP contribution in [0.2, 0.25) is 0 Å². The van der Waals surface area contributed by atoms with E-state index in [-0.39, 0.29) is 0 Å². The lowest BCUT2D eigenvalue weighted by Crippen LogP contribution is -2.31. The molecule has 0 atom stereocenters. The van der Waals surface area contributed by atoms with Gasteiger partial charge in [-0.1, -0.05) is 25.3 Å². The number of aromatic nitrogens is 2. The normalized spacial score (nSPS) is 17.6. The average Bonchev–Trinajstić information content (AvgIpc) is 2.86. The number of nitrogens with one attached hydrogen (secondary N) is 1. The zero-order valence-electron chi connectivity index (χ0n) is 10.1. The topological polar surface area (TPSA) is 29.3 Å². The third kappa shape index (κ3) is 2.34. The maximum Gasteiger partial charge on any atom is 0.0665 e. The molecular formula is C14H19N3. The molecule has 0 aliphatic heterocycles. The van der Waals surface area contributed by atoms with Crippen LogP contribution >= 0.6 is 0 Å². The van der Waals surface area contributed by atoms with Crippen molar-refractivity contribution in [3.8, 4) is 0 Å². The molecule has 90 valence electrons. The van der Waals surface area contributed by atoms with Crippen molar-refractivity contribution in [1.29, 1.82) is 0 Å². The van der Waals surface area contributed by atoms with Gasteiger partial charge in [0.05, 0.1) is 11.2 Å². The number of hydrogen-bond acceptors (Lipinski definition) is 2. The molecule has 3 nitrogen and oxygen atoms in total. The summed E-state index contributed by atoms with van der Waals surface area (Å²) in [5.41, 5.74) is 2.42. The van der Waals surface area contributed by atoms with Crippen molar-refractivity contribution in [1.82, 2.24) is 14.9 Å². The summed E-state index contributed by atoms with van der Waals surface area (Å²) in [7, 11) is 0. The molecule has 0 spiro atoms. The van der Waals surface area contributed by atoms with Gasteiger partial charge >= 0.3 is 0 Å². The summed E-state index contributed by atoms with van der Waals surface area (Å²) in [6, 6.07) is 9.10. The first-order valence-electron chi connectivity index (χ1n) is 6.58. The Hall–Kier alpha value is -1.35. The minimum Gasteiger partial charge on any atom is -0.308 e. The van der Waals surface area contributed by atoms with E-state index in [0.29, 0.717) is 6.04 Å². The molecular weight excluding hydrogens is 210 g/mol. The van der Waals surface area contributed by atoms with Crippen LogP contribution in [0, 0.1) is 0 Å². The van der Waals surface area contributed by atoms with Gasteiger partial charge in [-0.05, 0) is 31.0 Å². The fourth-order valence-electron chi connectivity index (χ4n) is 2.70. The molecule has 2 heterocycles. The van der Waals surface area contributed by atoms with Crippen LogP contribution in [0.3, 0.4) is 0 Å². The highest BCUT2D eigenvalue weighted by Gasteiger charge is 2.12. The zero-order chi connectivity index (χ0) is 11.5. The number of nitrogens with zero attached hydrogens (tertiary/aromatic N) is 2. The highest BCUT2D eigenvalue weighted by atomic mass is 15.2. The second-order valence-electron chi connectivity index (χ2n) is 4.90. The molecule has 0 bridgehead atoms. The van der Waals surface area contributed by atoms with Crippen LogP contribution < -0.4 is 5.32 Å². The third-order valence-corrected chi connectivity index (χ3v) is 3.68.